The predicted molar refractivity (Wildman–Crippen MR) is 146 cm³/mol. The Morgan fingerprint density at radius 2 is 1.64 bits per heavy atom. The van der Waals surface area contributed by atoms with Gasteiger partial charge in [0.15, 0.2) is 16.6 Å². The van der Waals surface area contributed by atoms with Crippen molar-refractivity contribution in [3.63, 3.8) is 0 Å². The van der Waals surface area contributed by atoms with Crippen LogP contribution in [0.2, 0.25) is 0 Å². The van der Waals surface area contributed by atoms with Crippen molar-refractivity contribution in [3.05, 3.63) is 89.5 Å². The van der Waals surface area contributed by atoms with E-state index in [1.54, 1.807) is 32.3 Å². The molecule has 2 amide bonds. The second kappa shape index (κ2) is 10.7. The van der Waals surface area contributed by atoms with Gasteiger partial charge in [0, 0.05) is 19.7 Å². The Balaban J connectivity index is 1.73. The van der Waals surface area contributed by atoms with Crippen LogP contribution in [-0.2, 0) is 22.6 Å². The molecule has 184 valence electrons. The Morgan fingerprint density at radius 3 is 2.33 bits per heavy atom. The van der Waals surface area contributed by atoms with E-state index in [1.807, 2.05) is 37.3 Å². The lowest BCUT2D eigenvalue weighted by molar-refractivity contribution is -0.132. The van der Waals surface area contributed by atoms with Crippen molar-refractivity contribution in [3.8, 4) is 11.5 Å². The number of ether oxygens (including phenoxy) is 2. The number of carbonyl (C=O) groups excluding carboxylic acids is 2. The number of fused-ring (bicyclic) bond motifs is 1. The Bertz CT molecular complexity index is 1360. The Hall–Kier alpha value is -3.97. The summed E-state index contributed by atoms with van der Waals surface area (Å²) in [6, 6.07) is 18.0. The van der Waals surface area contributed by atoms with Gasteiger partial charge in [0.05, 0.1) is 6.61 Å². The second-order valence-corrected chi connectivity index (χ2v) is 8.79. The van der Waals surface area contributed by atoms with E-state index in [4.69, 9.17) is 21.7 Å². The smallest absolute Gasteiger partial charge is 0.265 e. The molecule has 1 heterocycles. The molecule has 0 aromatic heterocycles. The van der Waals surface area contributed by atoms with Crippen LogP contribution >= 0.6 is 12.2 Å². The summed E-state index contributed by atoms with van der Waals surface area (Å²) in [7, 11) is 3.11. The van der Waals surface area contributed by atoms with Crippen LogP contribution in [0.15, 0.2) is 72.8 Å². The zero-order chi connectivity index (χ0) is 25.8. The van der Waals surface area contributed by atoms with E-state index < -0.39 is 11.8 Å². The standard InChI is InChI=1S/C29H28N2O4S/c1-5-10-21-15-19(16-24-27(32)30(3)29(36)31(4)28(24)33)17-25(34-6-2)26(21)35-18-22-13-9-12-20-11-7-8-14-23(20)22/h5,7-9,11-17H,1,6,10,18H2,2-4H3. The molecule has 1 aliphatic rings. The molecule has 4 rings (SSSR count). The molecule has 0 bridgehead atoms. The first-order valence-electron chi connectivity index (χ1n) is 11.7. The molecular formula is C29H28N2O4S. The minimum Gasteiger partial charge on any atom is -0.490 e. The van der Waals surface area contributed by atoms with E-state index in [1.165, 1.54) is 9.80 Å². The molecule has 36 heavy (non-hydrogen) atoms. The van der Waals surface area contributed by atoms with Crippen molar-refractivity contribution < 1.29 is 19.1 Å². The number of nitrogens with zero attached hydrogens (tertiary/aromatic N) is 2. The summed E-state index contributed by atoms with van der Waals surface area (Å²) < 4.78 is 12.3. The summed E-state index contributed by atoms with van der Waals surface area (Å²) in [5, 5.41) is 2.44. The van der Waals surface area contributed by atoms with Gasteiger partial charge < -0.3 is 9.47 Å². The molecular weight excluding hydrogens is 472 g/mol. The van der Waals surface area contributed by atoms with Crippen LogP contribution in [-0.4, -0.2) is 47.4 Å². The average molecular weight is 501 g/mol. The molecule has 6 nitrogen and oxygen atoms in total. The van der Waals surface area contributed by atoms with Gasteiger partial charge in [-0.3, -0.25) is 19.4 Å². The minimum atomic E-state index is -0.442. The number of hydrogen-bond acceptors (Lipinski definition) is 5. The number of likely N-dealkylation sites (N-methyl/N-ethyl adjacent to an activating group) is 2. The van der Waals surface area contributed by atoms with E-state index in [9.17, 15) is 9.59 Å². The minimum absolute atomic E-state index is 0.0324. The van der Waals surface area contributed by atoms with Crippen LogP contribution in [0.3, 0.4) is 0 Å². The van der Waals surface area contributed by atoms with Crippen LogP contribution in [0.25, 0.3) is 16.8 Å². The van der Waals surface area contributed by atoms with Gasteiger partial charge in [-0.05, 0) is 65.7 Å². The van der Waals surface area contributed by atoms with Gasteiger partial charge in [-0.2, -0.15) is 0 Å². The maximum Gasteiger partial charge on any atom is 0.265 e. The van der Waals surface area contributed by atoms with E-state index in [0.29, 0.717) is 36.7 Å². The van der Waals surface area contributed by atoms with Crippen molar-refractivity contribution in [1.29, 1.82) is 0 Å². The molecule has 1 saturated heterocycles. The quantitative estimate of drug-likeness (QED) is 0.185. The predicted octanol–water partition coefficient (Wildman–Crippen LogP) is 5.14. The highest BCUT2D eigenvalue weighted by atomic mass is 32.1. The summed E-state index contributed by atoms with van der Waals surface area (Å²) in [6.45, 7) is 6.56. The number of hydrogen-bond donors (Lipinski definition) is 0. The Kier molecular flexibility index (Phi) is 7.50. The summed E-state index contributed by atoms with van der Waals surface area (Å²) in [5.41, 5.74) is 2.59. The van der Waals surface area contributed by atoms with Crippen molar-refractivity contribution in [2.75, 3.05) is 20.7 Å². The molecule has 0 N–H and O–H groups in total. The van der Waals surface area contributed by atoms with Crippen LogP contribution in [0.4, 0.5) is 0 Å². The number of thiocarbonyl (C=S) groups is 1. The Morgan fingerprint density at radius 1 is 0.944 bits per heavy atom. The first kappa shape index (κ1) is 25.1. The second-order valence-electron chi connectivity index (χ2n) is 8.43. The average Bonchev–Trinajstić information content (AvgIpc) is 2.89. The number of allylic oxidation sites excluding steroid dienone is 1. The largest absolute Gasteiger partial charge is 0.490 e. The number of carbonyl (C=O) groups is 2. The van der Waals surface area contributed by atoms with Crippen LogP contribution in [0, 0.1) is 0 Å². The van der Waals surface area contributed by atoms with Gasteiger partial charge in [0.1, 0.15) is 12.2 Å². The number of rotatable bonds is 8. The molecule has 0 aliphatic carbocycles. The normalized spacial score (nSPS) is 13.9. The van der Waals surface area contributed by atoms with E-state index in [0.717, 1.165) is 21.9 Å². The molecule has 0 unspecified atom stereocenters. The van der Waals surface area contributed by atoms with Gasteiger partial charge in [0.25, 0.3) is 11.8 Å². The van der Waals surface area contributed by atoms with E-state index in [-0.39, 0.29) is 10.7 Å². The first-order chi connectivity index (χ1) is 17.3. The third-order valence-electron chi connectivity index (χ3n) is 6.03. The third-order valence-corrected chi connectivity index (χ3v) is 6.57. The molecule has 0 atom stereocenters. The van der Waals surface area contributed by atoms with E-state index >= 15 is 0 Å². The zero-order valence-electron chi connectivity index (χ0n) is 20.6. The van der Waals surface area contributed by atoms with Crippen molar-refractivity contribution in [1.82, 2.24) is 9.80 Å². The molecule has 0 radical (unpaired) electrons. The highest BCUT2D eigenvalue weighted by Gasteiger charge is 2.35. The van der Waals surface area contributed by atoms with Gasteiger partial charge >= 0.3 is 0 Å². The molecule has 3 aromatic carbocycles. The van der Waals surface area contributed by atoms with Crippen molar-refractivity contribution in [2.45, 2.75) is 20.0 Å². The number of amides is 2. The highest BCUT2D eigenvalue weighted by Crippen LogP contribution is 2.36. The molecule has 1 fully saturated rings. The van der Waals surface area contributed by atoms with Crippen LogP contribution in [0.1, 0.15) is 23.6 Å². The maximum absolute atomic E-state index is 12.8. The summed E-state index contributed by atoms with van der Waals surface area (Å²) in [5.74, 6) is 0.269. The van der Waals surface area contributed by atoms with E-state index in [2.05, 4.69) is 24.8 Å². The fraction of sp³-hybridized carbons (Fsp3) is 0.207. The molecule has 0 saturated carbocycles. The highest BCUT2D eigenvalue weighted by molar-refractivity contribution is 7.80. The molecule has 3 aromatic rings. The topological polar surface area (TPSA) is 59.1 Å². The van der Waals surface area contributed by atoms with Crippen LogP contribution < -0.4 is 9.47 Å². The van der Waals surface area contributed by atoms with Crippen molar-refractivity contribution in [2.24, 2.45) is 0 Å². The summed E-state index contributed by atoms with van der Waals surface area (Å²) in [4.78, 5) is 28.2. The molecule has 1 aliphatic heterocycles. The molecule has 7 heteroatoms. The SMILES string of the molecule is C=CCc1cc(C=C2C(=O)N(C)C(=S)N(C)C2=O)cc(OCC)c1OCc1cccc2ccccc12. The number of benzene rings is 3. The fourth-order valence-electron chi connectivity index (χ4n) is 4.21. The van der Waals surface area contributed by atoms with Gasteiger partial charge in [-0.25, -0.2) is 0 Å². The van der Waals surface area contributed by atoms with Gasteiger partial charge in [-0.1, -0.05) is 48.5 Å². The first-order valence-corrected chi connectivity index (χ1v) is 12.1. The lowest BCUT2D eigenvalue weighted by atomic mass is 10.0. The van der Waals surface area contributed by atoms with Crippen molar-refractivity contribution >= 4 is 46.0 Å². The fourth-order valence-corrected chi connectivity index (χ4v) is 4.38. The lowest BCUT2D eigenvalue weighted by Crippen LogP contribution is -2.52. The van der Waals surface area contributed by atoms with Gasteiger partial charge in [0.2, 0.25) is 0 Å². The van der Waals surface area contributed by atoms with Gasteiger partial charge in [-0.15, -0.1) is 6.58 Å². The summed E-state index contributed by atoms with van der Waals surface area (Å²) in [6.07, 6.45) is 3.88. The molecule has 0 spiro atoms. The Labute approximate surface area is 216 Å². The zero-order valence-corrected chi connectivity index (χ0v) is 21.4. The maximum atomic E-state index is 12.8. The lowest BCUT2D eigenvalue weighted by Gasteiger charge is -2.31. The summed E-state index contributed by atoms with van der Waals surface area (Å²) >= 11 is 5.18. The third kappa shape index (κ3) is 4.88. The monoisotopic (exact) mass is 500 g/mol. The van der Waals surface area contributed by atoms with Crippen LogP contribution in [0.5, 0.6) is 11.5 Å².